The summed E-state index contributed by atoms with van der Waals surface area (Å²) in [5, 5.41) is 14.8. The molecule has 2 amide bonds. The predicted octanol–water partition coefficient (Wildman–Crippen LogP) is 3.86. The van der Waals surface area contributed by atoms with E-state index in [9.17, 15) is 4.79 Å². The van der Waals surface area contributed by atoms with Gasteiger partial charge in [-0.25, -0.2) is 4.79 Å². The number of nitrogens with one attached hydrogen (secondary N) is 2. The largest absolute Gasteiger partial charge is 0.495 e. The molecular weight excluding hydrogens is 290 g/mol. The number of nitrogens with zero attached hydrogens (tertiary/aromatic N) is 1. The first-order chi connectivity index (χ1) is 10.1. The Morgan fingerprint density at radius 1 is 1.24 bits per heavy atom. The zero-order chi connectivity index (χ0) is 15.2. The zero-order valence-corrected chi connectivity index (χ0v) is 11.9. The Balaban J connectivity index is 2.18. The normalized spacial score (nSPS) is 9.57. The molecule has 0 aromatic heterocycles. The molecule has 2 aromatic carbocycles. The highest BCUT2D eigenvalue weighted by atomic mass is 35.5. The van der Waals surface area contributed by atoms with Gasteiger partial charge in [0, 0.05) is 10.7 Å². The lowest BCUT2D eigenvalue weighted by Gasteiger charge is -2.12. The second-order valence-corrected chi connectivity index (χ2v) is 4.52. The van der Waals surface area contributed by atoms with Crippen molar-refractivity contribution in [2.75, 3.05) is 17.7 Å². The van der Waals surface area contributed by atoms with E-state index in [-0.39, 0.29) is 0 Å². The minimum Gasteiger partial charge on any atom is -0.495 e. The summed E-state index contributed by atoms with van der Waals surface area (Å²) >= 11 is 5.85. The number of carbonyl (C=O) groups excluding carboxylic acids is 1. The number of para-hydroxylation sites is 1. The SMILES string of the molecule is COc1cccc(C#N)c1NC(=O)Nc1cccc(Cl)c1. The van der Waals surface area contributed by atoms with Crippen LogP contribution in [0.25, 0.3) is 0 Å². The molecule has 0 saturated carbocycles. The zero-order valence-electron chi connectivity index (χ0n) is 11.2. The average Bonchev–Trinajstić information content (AvgIpc) is 2.47. The Labute approximate surface area is 127 Å². The molecule has 0 heterocycles. The monoisotopic (exact) mass is 301 g/mol. The molecule has 0 spiro atoms. The van der Waals surface area contributed by atoms with Crippen LogP contribution < -0.4 is 15.4 Å². The maximum absolute atomic E-state index is 12.0. The van der Waals surface area contributed by atoms with Gasteiger partial charge in [0.1, 0.15) is 17.5 Å². The van der Waals surface area contributed by atoms with Crippen molar-refractivity contribution >= 4 is 29.0 Å². The van der Waals surface area contributed by atoms with Gasteiger partial charge in [-0.1, -0.05) is 23.7 Å². The van der Waals surface area contributed by atoms with E-state index in [0.29, 0.717) is 27.7 Å². The topological polar surface area (TPSA) is 74.1 Å². The fraction of sp³-hybridized carbons (Fsp3) is 0.0667. The van der Waals surface area contributed by atoms with Gasteiger partial charge in [0.25, 0.3) is 0 Å². The summed E-state index contributed by atoms with van der Waals surface area (Å²) in [7, 11) is 1.47. The van der Waals surface area contributed by atoms with Crippen LogP contribution in [0.1, 0.15) is 5.56 Å². The fourth-order valence-electron chi connectivity index (χ4n) is 1.77. The molecule has 0 atom stereocenters. The number of hydrogen-bond donors (Lipinski definition) is 2. The van der Waals surface area contributed by atoms with Crippen LogP contribution in [0.3, 0.4) is 0 Å². The molecular formula is C15H12ClN3O2. The van der Waals surface area contributed by atoms with Crippen molar-refractivity contribution in [2.45, 2.75) is 0 Å². The molecule has 21 heavy (non-hydrogen) atoms. The number of anilines is 2. The third-order valence-corrected chi connectivity index (χ3v) is 2.92. The quantitative estimate of drug-likeness (QED) is 0.904. The van der Waals surface area contributed by atoms with Crippen molar-refractivity contribution < 1.29 is 9.53 Å². The van der Waals surface area contributed by atoms with Crippen molar-refractivity contribution in [1.29, 1.82) is 5.26 Å². The van der Waals surface area contributed by atoms with Crippen LogP contribution in [-0.4, -0.2) is 13.1 Å². The van der Waals surface area contributed by atoms with Gasteiger partial charge in [-0.3, -0.25) is 0 Å². The highest BCUT2D eigenvalue weighted by Gasteiger charge is 2.12. The van der Waals surface area contributed by atoms with Gasteiger partial charge < -0.3 is 15.4 Å². The number of urea groups is 1. The smallest absolute Gasteiger partial charge is 0.323 e. The van der Waals surface area contributed by atoms with Gasteiger partial charge in [0.2, 0.25) is 0 Å². The van der Waals surface area contributed by atoms with Gasteiger partial charge >= 0.3 is 6.03 Å². The van der Waals surface area contributed by atoms with Gasteiger partial charge in [0.05, 0.1) is 12.7 Å². The molecule has 2 N–H and O–H groups in total. The Kier molecular flexibility index (Phi) is 4.64. The maximum atomic E-state index is 12.0. The maximum Gasteiger partial charge on any atom is 0.323 e. The van der Waals surface area contributed by atoms with E-state index in [0.717, 1.165) is 0 Å². The van der Waals surface area contributed by atoms with Crippen molar-refractivity contribution in [2.24, 2.45) is 0 Å². The van der Waals surface area contributed by atoms with Crippen LogP contribution in [-0.2, 0) is 0 Å². The Morgan fingerprint density at radius 3 is 2.67 bits per heavy atom. The standard InChI is InChI=1S/C15H12ClN3O2/c1-21-13-7-2-4-10(9-17)14(13)19-15(20)18-12-6-3-5-11(16)8-12/h2-8H,1H3,(H2,18,19,20). The number of halogens is 1. The Hall–Kier alpha value is -2.71. The van der Waals surface area contributed by atoms with E-state index in [4.69, 9.17) is 21.6 Å². The first-order valence-electron chi connectivity index (χ1n) is 6.04. The molecule has 6 heteroatoms. The average molecular weight is 302 g/mol. The van der Waals surface area contributed by atoms with E-state index in [1.807, 2.05) is 6.07 Å². The second-order valence-electron chi connectivity index (χ2n) is 4.08. The number of nitriles is 1. The molecule has 0 unspecified atom stereocenters. The molecule has 2 rings (SSSR count). The number of carbonyl (C=O) groups is 1. The van der Waals surface area contributed by atoms with E-state index in [1.165, 1.54) is 7.11 Å². The van der Waals surface area contributed by atoms with Crippen molar-refractivity contribution in [3.8, 4) is 11.8 Å². The lowest BCUT2D eigenvalue weighted by atomic mass is 10.2. The molecule has 0 aliphatic rings. The fourth-order valence-corrected chi connectivity index (χ4v) is 1.96. The highest BCUT2D eigenvalue weighted by molar-refractivity contribution is 6.30. The highest BCUT2D eigenvalue weighted by Crippen LogP contribution is 2.28. The number of amides is 2. The second kappa shape index (κ2) is 6.64. The summed E-state index contributed by atoms with van der Waals surface area (Å²) in [6.45, 7) is 0. The van der Waals surface area contributed by atoms with Crippen LogP contribution in [0, 0.1) is 11.3 Å². The summed E-state index contributed by atoms with van der Waals surface area (Å²) in [5.41, 5.74) is 1.19. The number of benzene rings is 2. The van der Waals surface area contributed by atoms with Crippen molar-refractivity contribution in [3.63, 3.8) is 0 Å². The van der Waals surface area contributed by atoms with E-state index in [1.54, 1.807) is 42.5 Å². The Bertz CT molecular complexity index is 710. The third kappa shape index (κ3) is 3.65. The van der Waals surface area contributed by atoms with E-state index in [2.05, 4.69) is 10.6 Å². The summed E-state index contributed by atoms with van der Waals surface area (Å²) in [4.78, 5) is 12.0. The van der Waals surface area contributed by atoms with Crippen LogP contribution >= 0.6 is 11.6 Å². The predicted molar refractivity (Wildman–Crippen MR) is 81.8 cm³/mol. The molecule has 0 fully saturated rings. The number of ether oxygens (including phenoxy) is 1. The molecule has 0 bridgehead atoms. The molecule has 5 nitrogen and oxygen atoms in total. The van der Waals surface area contributed by atoms with Crippen LogP contribution in [0.5, 0.6) is 5.75 Å². The molecule has 0 saturated heterocycles. The van der Waals surface area contributed by atoms with E-state index >= 15 is 0 Å². The number of hydrogen-bond acceptors (Lipinski definition) is 3. The Morgan fingerprint density at radius 2 is 2.00 bits per heavy atom. The number of methoxy groups -OCH3 is 1. The molecule has 2 aromatic rings. The third-order valence-electron chi connectivity index (χ3n) is 2.69. The van der Waals surface area contributed by atoms with Crippen molar-refractivity contribution in [1.82, 2.24) is 0 Å². The minimum atomic E-state index is -0.488. The van der Waals surface area contributed by atoms with Gasteiger partial charge in [-0.05, 0) is 30.3 Å². The first kappa shape index (κ1) is 14.7. The van der Waals surface area contributed by atoms with Gasteiger partial charge in [-0.2, -0.15) is 5.26 Å². The minimum absolute atomic E-state index is 0.315. The summed E-state index contributed by atoms with van der Waals surface area (Å²) < 4.78 is 5.14. The molecule has 106 valence electrons. The lowest BCUT2D eigenvalue weighted by Crippen LogP contribution is -2.20. The van der Waals surface area contributed by atoms with E-state index < -0.39 is 6.03 Å². The van der Waals surface area contributed by atoms with Gasteiger partial charge in [0.15, 0.2) is 0 Å². The molecule has 0 aliphatic heterocycles. The van der Waals surface area contributed by atoms with Crippen molar-refractivity contribution in [3.05, 3.63) is 53.1 Å². The van der Waals surface area contributed by atoms with Crippen LogP contribution in [0.4, 0.5) is 16.2 Å². The van der Waals surface area contributed by atoms with Gasteiger partial charge in [-0.15, -0.1) is 0 Å². The lowest BCUT2D eigenvalue weighted by molar-refractivity contribution is 0.262. The summed E-state index contributed by atoms with van der Waals surface area (Å²) in [6, 6.07) is 13.2. The first-order valence-corrected chi connectivity index (χ1v) is 6.42. The summed E-state index contributed by atoms with van der Waals surface area (Å²) in [5.74, 6) is 0.412. The van der Waals surface area contributed by atoms with Crippen LogP contribution in [0.15, 0.2) is 42.5 Å². The molecule has 0 radical (unpaired) electrons. The molecule has 0 aliphatic carbocycles. The summed E-state index contributed by atoms with van der Waals surface area (Å²) in [6.07, 6.45) is 0. The number of rotatable bonds is 3. The van der Waals surface area contributed by atoms with Crippen LogP contribution in [0.2, 0.25) is 5.02 Å².